The maximum Gasteiger partial charge on any atom is 0.513 e. The van der Waals surface area contributed by atoms with E-state index in [-0.39, 0.29) is 23.1 Å². The third kappa shape index (κ3) is 4.43. The summed E-state index contributed by atoms with van der Waals surface area (Å²) in [6.07, 6.45) is 1.27. The highest BCUT2D eigenvalue weighted by molar-refractivity contribution is 7.13. The standard InChI is InChI=1S/C10H16N3O2S.BrH/c1-5-15-10(14)13-8(2)6-16-9(13)11-7-12(3)4;/h6-7H,5H2,1-4H3;1H/q+1;/p-1. The van der Waals surface area contributed by atoms with Gasteiger partial charge >= 0.3 is 11.2 Å². The van der Waals surface area contributed by atoms with Crippen LogP contribution in [0.5, 0.6) is 0 Å². The zero-order valence-corrected chi connectivity index (χ0v) is 12.7. The second kappa shape index (κ2) is 7.39. The molecule has 0 saturated carbocycles. The average Bonchev–Trinajstić information content (AvgIpc) is 2.57. The minimum absolute atomic E-state index is 0. The summed E-state index contributed by atoms with van der Waals surface area (Å²) < 4.78 is 6.42. The van der Waals surface area contributed by atoms with E-state index in [0.717, 1.165) is 5.69 Å². The molecule has 0 amide bonds. The summed E-state index contributed by atoms with van der Waals surface area (Å²) in [5.41, 5.74) is 0.828. The van der Waals surface area contributed by atoms with Crippen LogP contribution < -0.4 is 21.5 Å². The predicted molar refractivity (Wildman–Crippen MR) is 63.5 cm³/mol. The van der Waals surface area contributed by atoms with Crippen molar-refractivity contribution >= 4 is 28.9 Å². The minimum atomic E-state index is -0.382. The molecule has 1 aromatic rings. The molecule has 0 aliphatic carbocycles. The van der Waals surface area contributed by atoms with E-state index in [9.17, 15) is 4.79 Å². The van der Waals surface area contributed by atoms with Crippen molar-refractivity contribution in [3.05, 3.63) is 11.1 Å². The Morgan fingerprint density at radius 1 is 1.65 bits per heavy atom. The van der Waals surface area contributed by atoms with Gasteiger partial charge in [-0.15, -0.1) is 4.57 Å². The first kappa shape index (κ1) is 16.1. The molecule has 96 valence electrons. The number of nitrogens with zero attached hydrogens (tertiary/aromatic N) is 3. The number of hydrogen-bond donors (Lipinski definition) is 0. The van der Waals surface area contributed by atoms with E-state index in [1.54, 1.807) is 13.3 Å². The highest BCUT2D eigenvalue weighted by Crippen LogP contribution is 2.15. The van der Waals surface area contributed by atoms with E-state index in [2.05, 4.69) is 4.99 Å². The number of thiazole rings is 1. The van der Waals surface area contributed by atoms with Crippen molar-refractivity contribution in [2.75, 3.05) is 20.7 Å². The van der Waals surface area contributed by atoms with Crippen molar-refractivity contribution in [2.24, 2.45) is 4.99 Å². The summed E-state index contributed by atoms with van der Waals surface area (Å²) in [7, 11) is 3.75. The van der Waals surface area contributed by atoms with Crippen LogP contribution in [0, 0.1) is 6.92 Å². The van der Waals surface area contributed by atoms with Crippen LogP contribution in [0.2, 0.25) is 0 Å². The second-order valence-corrected chi connectivity index (χ2v) is 4.24. The van der Waals surface area contributed by atoms with E-state index in [0.29, 0.717) is 11.7 Å². The Morgan fingerprint density at radius 2 is 2.29 bits per heavy atom. The lowest BCUT2D eigenvalue weighted by Gasteiger charge is -1.99. The quantitative estimate of drug-likeness (QED) is 0.390. The third-order valence-electron chi connectivity index (χ3n) is 1.73. The topological polar surface area (TPSA) is 45.8 Å². The van der Waals surface area contributed by atoms with E-state index in [4.69, 9.17) is 4.74 Å². The Balaban J connectivity index is 0.00000256. The third-order valence-corrected chi connectivity index (χ3v) is 2.69. The molecule has 1 heterocycles. The highest BCUT2D eigenvalue weighted by Gasteiger charge is 2.23. The average molecular weight is 322 g/mol. The van der Waals surface area contributed by atoms with Crippen LogP contribution in [0.1, 0.15) is 12.6 Å². The van der Waals surface area contributed by atoms with Crippen LogP contribution in [-0.2, 0) is 4.74 Å². The van der Waals surface area contributed by atoms with Crippen LogP contribution in [0.25, 0.3) is 0 Å². The number of carbonyl (C=O) groups excluding carboxylic acids is 1. The van der Waals surface area contributed by atoms with Gasteiger partial charge in [-0.05, 0) is 18.8 Å². The minimum Gasteiger partial charge on any atom is -1.00 e. The first-order chi connectivity index (χ1) is 7.56. The van der Waals surface area contributed by atoms with E-state index in [1.807, 2.05) is 31.3 Å². The van der Waals surface area contributed by atoms with E-state index in [1.165, 1.54) is 15.9 Å². The van der Waals surface area contributed by atoms with Gasteiger partial charge in [-0.25, -0.2) is 0 Å². The largest absolute Gasteiger partial charge is 1.00 e. The fourth-order valence-electron chi connectivity index (χ4n) is 1.06. The molecule has 1 aromatic heterocycles. The molecule has 0 unspecified atom stereocenters. The lowest BCUT2D eigenvalue weighted by molar-refractivity contribution is -0.574. The van der Waals surface area contributed by atoms with Crippen molar-refractivity contribution in [2.45, 2.75) is 13.8 Å². The number of halogens is 1. The summed E-state index contributed by atoms with van der Waals surface area (Å²) in [6.45, 7) is 3.99. The van der Waals surface area contributed by atoms with E-state index >= 15 is 0 Å². The number of aliphatic imine (C=N–C) groups is 1. The van der Waals surface area contributed by atoms with Crippen LogP contribution >= 0.6 is 11.3 Å². The van der Waals surface area contributed by atoms with Gasteiger partial charge in [-0.2, -0.15) is 4.79 Å². The van der Waals surface area contributed by atoms with Gasteiger partial charge in [0, 0.05) is 19.5 Å². The van der Waals surface area contributed by atoms with Gasteiger partial charge in [-0.1, -0.05) is 11.3 Å². The van der Waals surface area contributed by atoms with Crippen LogP contribution in [0.15, 0.2) is 10.4 Å². The molecule has 0 saturated heterocycles. The smallest absolute Gasteiger partial charge is 0.513 e. The zero-order chi connectivity index (χ0) is 12.1. The molecule has 7 heteroatoms. The van der Waals surface area contributed by atoms with Crippen LogP contribution in [0.3, 0.4) is 0 Å². The molecule has 0 spiro atoms. The van der Waals surface area contributed by atoms with E-state index < -0.39 is 0 Å². The Morgan fingerprint density at radius 3 is 2.82 bits per heavy atom. The Kier molecular flexibility index (Phi) is 6.98. The monoisotopic (exact) mass is 321 g/mol. The molecule has 0 aliphatic rings. The maximum atomic E-state index is 11.7. The predicted octanol–water partition coefficient (Wildman–Crippen LogP) is -1.43. The molecule has 0 fully saturated rings. The molecule has 1 rings (SSSR count). The molecule has 0 aliphatic heterocycles. The number of rotatable bonds is 3. The molecule has 0 radical (unpaired) electrons. The Labute approximate surface area is 115 Å². The number of aromatic nitrogens is 1. The van der Waals surface area contributed by atoms with Gasteiger partial charge in [0.15, 0.2) is 0 Å². The van der Waals surface area contributed by atoms with Crippen molar-refractivity contribution in [1.82, 2.24) is 4.90 Å². The summed E-state index contributed by atoms with van der Waals surface area (Å²) in [4.78, 5) is 17.7. The number of hydrogen-bond acceptors (Lipinski definition) is 4. The summed E-state index contributed by atoms with van der Waals surface area (Å²) in [5.74, 6) is 0. The van der Waals surface area contributed by atoms with Crippen molar-refractivity contribution in [3.8, 4) is 0 Å². The molecular weight excluding hydrogens is 306 g/mol. The molecular formula is C10H16BrN3O2S. The Hall–Kier alpha value is -0.950. The van der Waals surface area contributed by atoms with Crippen LogP contribution in [0.4, 0.5) is 9.93 Å². The number of carbonyl (C=O) groups is 1. The molecule has 0 bridgehead atoms. The molecule has 0 aromatic carbocycles. The second-order valence-electron chi connectivity index (χ2n) is 3.40. The molecule has 0 N–H and O–H groups in total. The van der Waals surface area contributed by atoms with Crippen molar-refractivity contribution in [1.29, 1.82) is 0 Å². The molecule has 5 nitrogen and oxygen atoms in total. The summed E-state index contributed by atoms with van der Waals surface area (Å²) >= 11 is 1.41. The summed E-state index contributed by atoms with van der Waals surface area (Å²) in [6, 6.07) is 0. The van der Waals surface area contributed by atoms with Gasteiger partial charge in [0.1, 0.15) is 5.69 Å². The van der Waals surface area contributed by atoms with Gasteiger partial charge in [0.25, 0.3) is 0 Å². The van der Waals surface area contributed by atoms with Crippen LogP contribution in [-0.4, -0.2) is 38.0 Å². The lowest BCUT2D eigenvalue weighted by Crippen LogP contribution is -3.00. The van der Waals surface area contributed by atoms with Gasteiger partial charge < -0.3 is 26.6 Å². The number of aryl methyl sites for hydroxylation is 1. The normalized spacial score (nSPS) is 10.1. The maximum absolute atomic E-state index is 11.7. The first-order valence-corrected chi connectivity index (χ1v) is 5.82. The Bertz CT molecular complexity index is 404. The summed E-state index contributed by atoms with van der Waals surface area (Å²) in [5, 5.41) is 2.49. The number of ether oxygens (including phenoxy) is 1. The van der Waals surface area contributed by atoms with Gasteiger partial charge in [0.05, 0.1) is 6.61 Å². The molecule has 17 heavy (non-hydrogen) atoms. The first-order valence-electron chi connectivity index (χ1n) is 4.94. The van der Waals surface area contributed by atoms with Gasteiger partial charge in [0.2, 0.25) is 6.34 Å². The van der Waals surface area contributed by atoms with Crippen molar-refractivity contribution in [3.63, 3.8) is 0 Å². The molecule has 0 atom stereocenters. The lowest BCUT2D eigenvalue weighted by atomic mass is 10.5. The zero-order valence-electron chi connectivity index (χ0n) is 10.3. The fourth-order valence-corrected chi connectivity index (χ4v) is 1.87. The SMILES string of the molecule is CCOC(=O)[n+]1c(C)csc1N=CN(C)C.[Br-]. The fraction of sp³-hybridized carbons (Fsp3) is 0.500. The van der Waals surface area contributed by atoms with Gasteiger partial charge in [-0.3, -0.25) is 0 Å². The van der Waals surface area contributed by atoms with Crippen molar-refractivity contribution < 1.29 is 31.1 Å². The highest BCUT2D eigenvalue weighted by atomic mass is 79.9.